The standard InChI is InChI=1S/C22H35N2O2.BrH/c1-24(2,3)18-14-10-8-6-4-5-7-9-13-17-23-21(25)19-15-11-12-16-20(19)22(23)26;/h11-12,15-16H,4-10,13-14,17-18H2,1-3H3;1H/q+1;/p-1. The van der Waals surface area contributed by atoms with Gasteiger partial charge in [0.05, 0.1) is 38.8 Å². The summed E-state index contributed by atoms with van der Waals surface area (Å²) >= 11 is 0. The molecule has 0 radical (unpaired) electrons. The van der Waals surface area contributed by atoms with Gasteiger partial charge in [-0.05, 0) is 31.4 Å². The second-order valence-electron chi connectivity index (χ2n) is 8.50. The van der Waals surface area contributed by atoms with E-state index in [-0.39, 0.29) is 28.8 Å². The maximum atomic E-state index is 12.3. The van der Waals surface area contributed by atoms with E-state index in [0.717, 1.165) is 17.3 Å². The lowest BCUT2D eigenvalue weighted by atomic mass is 10.1. The Kier molecular flexibility index (Phi) is 10.2. The Morgan fingerprint density at radius 1 is 0.704 bits per heavy atom. The summed E-state index contributed by atoms with van der Waals surface area (Å²) in [6.07, 6.45) is 11.1. The van der Waals surface area contributed by atoms with Crippen molar-refractivity contribution in [2.24, 2.45) is 0 Å². The third-order valence-electron chi connectivity index (χ3n) is 5.09. The first-order valence-corrected chi connectivity index (χ1v) is 10.2. The molecule has 0 saturated heterocycles. The topological polar surface area (TPSA) is 37.4 Å². The summed E-state index contributed by atoms with van der Waals surface area (Å²) in [6.45, 7) is 1.81. The van der Waals surface area contributed by atoms with Gasteiger partial charge in [-0.15, -0.1) is 0 Å². The van der Waals surface area contributed by atoms with Gasteiger partial charge in [0.25, 0.3) is 11.8 Å². The second-order valence-corrected chi connectivity index (χ2v) is 8.50. The smallest absolute Gasteiger partial charge is 0.261 e. The maximum absolute atomic E-state index is 12.3. The molecule has 0 spiro atoms. The number of benzene rings is 1. The van der Waals surface area contributed by atoms with E-state index >= 15 is 0 Å². The molecule has 2 amide bonds. The van der Waals surface area contributed by atoms with Gasteiger partial charge in [-0.1, -0.05) is 50.7 Å². The fraction of sp³-hybridized carbons (Fsp3) is 0.636. The van der Waals surface area contributed by atoms with Crippen molar-refractivity contribution in [3.05, 3.63) is 35.4 Å². The summed E-state index contributed by atoms with van der Waals surface area (Å²) in [6, 6.07) is 7.12. The molecule has 0 aromatic heterocycles. The number of rotatable bonds is 12. The summed E-state index contributed by atoms with van der Waals surface area (Å²) in [4.78, 5) is 25.9. The van der Waals surface area contributed by atoms with Crippen molar-refractivity contribution in [1.82, 2.24) is 4.90 Å². The van der Waals surface area contributed by atoms with Crippen LogP contribution < -0.4 is 17.0 Å². The first-order chi connectivity index (χ1) is 12.4. The third-order valence-corrected chi connectivity index (χ3v) is 5.09. The molecule has 0 N–H and O–H groups in total. The van der Waals surface area contributed by atoms with Gasteiger partial charge >= 0.3 is 0 Å². The number of carbonyl (C=O) groups is 2. The Morgan fingerprint density at radius 2 is 1.11 bits per heavy atom. The molecule has 27 heavy (non-hydrogen) atoms. The lowest BCUT2D eigenvalue weighted by Crippen LogP contribution is -3.00. The number of amides is 2. The van der Waals surface area contributed by atoms with Crippen LogP contribution in [0.2, 0.25) is 0 Å². The Hall–Kier alpha value is -1.20. The lowest BCUT2D eigenvalue weighted by Gasteiger charge is -2.23. The number of quaternary nitrogens is 1. The Labute approximate surface area is 175 Å². The Balaban J connectivity index is 0.00000364. The van der Waals surface area contributed by atoms with E-state index < -0.39 is 0 Å². The minimum Gasteiger partial charge on any atom is -1.00 e. The van der Waals surface area contributed by atoms with E-state index in [2.05, 4.69) is 21.1 Å². The van der Waals surface area contributed by atoms with Gasteiger partial charge in [0.1, 0.15) is 0 Å². The summed E-state index contributed by atoms with van der Waals surface area (Å²) in [5.41, 5.74) is 1.12. The summed E-state index contributed by atoms with van der Waals surface area (Å²) in [7, 11) is 6.76. The quantitative estimate of drug-likeness (QED) is 0.281. The second kappa shape index (κ2) is 11.6. The van der Waals surface area contributed by atoms with Gasteiger partial charge in [0, 0.05) is 6.54 Å². The summed E-state index contributed by atoms with van der Waals surface area (Å²) in [5.74, 6) is -0.251. The van der Waals surface area contributed by atoms with Crippen LogP contribution in [-0.4, -0.2) is 55.4 Å². The summed E-state index contributed by atoms with van der Waals surface area (Å²) < 4.78 is 1.06. The molecule has 0 unspecified atom stereocenters. The lowest BCUT2D eigenvalue weighted by molar-refractivity contribution is -0.870. The average Bonchev–Trinajstić information content (AvgIpc) is 2.83. The number of halogens is 1. The number of carbonyl (C=O) groups excluding carboxylic acids is 2. The van der Waals surface area contributed by atoms with E-state index in [1.807, 2.05) is 12.1 Å². The van der Waals surface area contributed by atoms with Crippen LogP contribution in [0.3, 0.4) is 0 Å². The molecule has 5 heteroatoms. The van der Waals surface area contributed by atoms with Crippen LogP contribution in [0.15, 0.2) is 24.3 Å². The molecule has 1 aliphatic rings. The van der Waals surface area contributed by atoms with Gasteiger partial charge in [-0.2, -0.15) is 0 Å². The predicted octanol–water partition coefficient (Wildman–Crippen LogP) is 1.50. The van der Waals surface area contributed by atoms with Gasteiger partial charge in [-0.3, -0.25) is 14.5 Å². The molecule has 1 aromatic carbocycles. The number of fused-ring (bicyclic) bond motifs is 1. The van der Waals surface area contributed by atoms with E-state index in [1.165, 1.54) is 56.4 Å². The van der Waals surface area contributed by atoms with Crippen LogP contribution in [0.1, 0.15) is 78.5 Å². The Bertz CT molecular complexity index is 576. The van der Waals surface area contributed by atoms with Crippen LogP contribution in [-0.2, 0) is 0 Å². The number of nitrogens with zero attached hydrogens (tertiary/aromatic N) is 2. The minimum atomic E-state index is -0.125. The zero-order valence-electron chi connectivity index (χ0n) is 17.2. The Morgan fingerprint density at radius 3 is 1.56 bits per heavy atom. The van der Waals surface area contributed by atoms with E-state index in [9.17, 15) is 9.59 Å². The monoisotopic (exact) mass is 438 g/mol. The molecule has 1 aromatic rings. The van der Waals surface area contributed by atoms with Crippen LogP contribution >= 0.6 is 0 Å². The molecule has 1 heterocycles. The highest BCUT2D eigenvalue weighted by Gasteiger charge is 2.34. The molecule has 0 aliphatic carbocycles. The predicted molar refractivity (Wildman–Crippen MR) is 106 cm³/mol. The molecular formula is C22H35BrN2O2. The van der Waals surface area contributed by atoms with Crippen LogP contribution in [0.25, 0.3) is 0 Å². The number of imide groups is 1. The van der Waals surface area contributed by atoms with Crippen molar-refractivity contribution in [2.45, 2.75) is 57.8 Å². The third kappa shape index (κ3) is 7.74. The van der Waals surface area contributed by atoms with Crippen LogP contribution in [0, 0.1) is 0 Å². The first kappa shape index (κ1) is 23.8. The van der Waals surface area contributed by atoms with Crippen molar-refractivity contribution in [1.29, 1.82) is 0 Å². The van der Waals surface area contributed by atoms with E-state index in [1.54, 1.807) is 12.1 Å². The number of unbranched alkanes of at least 4 members (excludes halogenated alkanes) is 8. The van der Waals surface area contributed by atoms with Crippen molar-refractivity contribution >= 4 is 11.8 Å². The first-order valence-electron chi connectivity index (χ1n) is 10.2. The highest BCUT2D eigenvalue weighted by atomic mass is 79.9. The van der Waals surface area contributed by atoms with Gasteiger partial charge in [-0.25, -0.2) is 0 Å². The minimum absolute atomic E-state index is 0. The highest BCUT2D eigenvalue weighted by molar-refractivity contribution is 6.21. The number of hydrogen-bond donors (Lipinski definition) is 0. The zero-order chi connectivity index (χ0) is 19.0. The van der Waals surface area contributed by atoms with E-state index in [4.69, 9.17) is 0 Å². The maximum Gasteiger partial charge on any atom is 0.261 e. The van der Waals surface area contributed by atoms with Crippen molar-refractivity contribution in [3.63, 3.8) is 0 Å². The largest absolute Gasteiger partial charge is 1.00 e. The van der Waals surface area contributed by atoms with Crippen molar-refractivity contribution in [3.8, 4) is 0 Å². The molecule has 152 valence electrons. The fourth-order valence-electron chi connectivity index (χ4n) is 3.54. The molecule has 2 rings (SSSR count). The molecule has 0 saturated carbocycles. The van der Waals surface area contributed by atoms with Gasteiger partial charge in [0.15, 0.2) is 0 Å². The zero-order valence-corrected chi connectivity index (χ0v) is 18.8. The summed E-state index contributed by atoms with van der Waals surface area (Å²) in [5, 5.41) is 0. The molecule has 0 bridgehead atoms. The fourth-order valence-corrected chi connectivity index (χ4v) is 3.54. The molecular weight excluding hydrogens is 404 g/mol. The average molecular weight is 439 g/mol. The number of hydrogen-bond acceptors (Lipinski definition) is 2. The SMILES string of the molecule is C[N+](C)(C)CCCCCCCCCCCN1C(=O)c2ccccc2C1=O.[Br-]. The molecule has 4 nitrogen and oxygen atoms in total. The molecule has 0 atom stereocenters. The molecule has 0 fully saturated rings. The normalized spacial score (nSPS) is 13.7. The van der Waals surface area contributed by atoms with Gasteiger partial charge in [0.2, 0.25) is 0 Å². The molecule has 1 aliphatic heterocycles. The van der Waals surface area contributed by atoms with Crippen LogP contribution in [0.5, 0.6) is 0 Å². The van der Waals surface area contributed by atoms with Crippen molar-refractivity contribution in [2.75, 3.05) is 34.2 Å². The highest BCUT2D eigenvalue weighted by Crippen LogP contribution is 2.23. The van der Waals surface area contributed by atoms with Gasteiger partial charge < -0.3 is 21.5 Å². The van der Waals surface area contributed by atoms with Crippen molar-refractivity contribution < 1.29 is 31.1 Å². The van der Waals surface area contributed by atoms with Crippen LogP contribution in [0.4, 0.5) is 0 Å². The van der Waals surface area contributed by atoms with E-state index in [0.29, 0.717) is 17.7 Å².